The molecule has 3 aromatic heterocycles. The van der Waals surface area contributed by atoms with Crippen LogP contribution in [0.15, 0.2) is 36.4 Å². The van der Waals surface area contributed by atoms with Crippen molar-refractivity contribution in [1.29, 1.82) is 0 Å². The quantitative estimate of drug-likeness (QED) is 0.384. The van der Waals surface area contributed by atoms with Gasteiger partial charge in [0.15, 0.2) is 5.69 Å². The van der Waals surface area contributed by atoms with Crippen molar-refractivity contribution in [2.24, 2.45) is 0 Å². The predicted molar refractivity (Wildman–Crippen MR) is 89.5 cm³/mol. The Bertz CT molecular complexity index is 1040. The molecule has 0 fully saturated rings. The fourth-order valence-corrected chi connectivity index (χ4v) is 2.53. The van der Waals surface area contributed by atoms with E-state index in [0.29, 0.717) is 5.69 Å². The number of pyridine rings is 3. The molecular formula is C19H13F3N3O2Pt-. The van der Waals surface area contributed by atoms with E-state index in [1.54, 1.807) is 26.0 Å². The molecule has 148 valence electrons. The SMILES string of the molecule is CC(C)(c1cc(F)cc(C(=O)O)n1)c1cccc(-c2[c-]cc(F)nc2F)n1.[Pt]. The second-order valence-corrected chi connectivity index (χ2v) is 6.28. The largest absolute Gasteiger partial charge is 0.477 e. The molecule has 0 saturated carbocycles. The maximum Gasteiger partial charge on any atom is 0.354 e. The van der Waals surface area contributed by atoms with Crippen molar-refractivity contribution >= 4 is 5.97 Å². The molecule has 0 aliphatic carbocycles. The Hall–Kier alpha value is -2.60. The molecule has 0 atom stereocenters. The number of aromatic carboxylic acids is 1. The van der Waals surface area contributed by atoms with E-state index in [0.717, 1.165) is 18.2 Å². The van der Waals surface area contributed by atoms with Gasteiger partial charge in [0.2, 0.25) is 0 Å². The van der Waals surface area contributed by atoms with Crippen molar-refractivity contribution in [3.05, 3.63) is 77.3 Å². The first-order chi connectivity index (χ1) is 12.7. The summed E-state index contributed by atoms with van der Waals surface area (Å²) in [5.74, 6) is -4.17. The molecule has 0 saturated heterocycles. The third kappa shape index (κ3) is 4.28. The maximum atomic E-state index is 13.9. The first-order valence-electron chi connectivity index (χ1n) is 7.81. The number of hydrogen-bond donors (Lipinski definition) is 1. The van der Waals surface area contributed by atoms with Gasteiger partial charge in [0, 0.05) is 38.2 Å². The number of carbonyl (C=O) groups is 1. The van der Waals surface area contributed by atoms with Crippen molar-refractivity contribution in [1.82, 2.24) is 15.0 Å². The molecule has 0 spiro atoms. The molecule has 3 rings (SSSR count). The minimum atomic E-state index is -1.36. The normalized spacial score (nSPS) is 11.0. The summed E-state index contributed by atoms with van der Waals surface area (Å²) in [7, 11) is 0. The summed E-state index contributed by atoms with van der Waals surface area (Å²) in [6.07, 6.45) is 0. The fraction of sp³-hybridized carbons (Fsp3) is 0.158. The third-order valence-electron chi connectivity index (χ3n) is 4.04. The Morgan fingerprint density at radius 1 is 1.07 bits per heavy atom. The minimum absolute atomic E-state index is 0. The van der Waals surface area contributed by atoms with Crippen LogP contribution in [-0.4, -0.2) is 26.0 Å². The van der Waals surface area contributed by atoms with Gasteiger partial charge in [0.1, 0.15) is 17.7 Å². The average Bonchev–Trinajstić information content (AvgIpc) is 2.61. The molecule has 0 amide bonds. The van der Waals surface area contributed by atoms with E-state index in [-0.39, 0.29) is 38.0 Å². The van der Waals surface area contributed by atoms with E-state index in [1.807, 2.05) is 0 Å². The standard InChI is InChI=1S/C19H13F3N3O2.Pt/c1-19(2,15-9-10(20)8-13(24-15)18(26)27)14-5-3-4-12(23-14)11-6-7-16(21)25-17(11)22;/h3-5,7-9H,1-2H3,(H,26,27);/q-1;. The summed E-state index contributed by atoms with van der Waals surface area (Å²) in [5, 5.41) is 9.09. The van der Waals surface area contributed by atoms with Crippen LogP contribution in [-0.2, 0) is 26.5 Å². The minimum Gasteiger partial charge on any atom is -0.477 e. The summed E-state index contributed by atoms with van der Waals surface area (Å²) in [6, 6.07) is 9.98. The van der Waals surface area contributed by atoms with E-state index in [2.05, 4.69) is 21.0 Å². The van der Waals surface area contributed by atoms with Gasteiger partial charge in [-0.1, -0.05) is 23.8 Å². The Morgan fingerprint density at radius 3 is 2.43 bits per heavy atom. The molecule has 9 heteroatoms. The summed E-state index contributed by atoms with van der Waals surface area (Å²) < 4.78 is 40.8. The molecule has 0 aliphatic heterocycles. The number of nitrogens with zero attached hydrogens (tertiary/aromatic N) is 3. The Morgan fingerprint density at radius 2 is 1.79 bits per heavy atom. The number of carboxylic acids is 1. The molecule has 1 N–H and O–H groups in total. The summed E-state index contributed by atoms with van der Waals surface area (Å²) in [5.41, 5.74) is -0.867. The Labute approximate surface area is 173 Å². The molecule has 0 bridgehead atoms. The van der Waals surface area contributed by atoms with Crippen LogP contribution < -0.4 is 0 Å². The molecular weight excluding hydrogens is 554 g/mol. The smallest absolute Gasteiger partial charge is 0.354 e. The van der Waals surface area contributed by atoms with Gasteiger partial charge in [-0.15, -0.1) is 6.07 Å². The van der Waals surface area contributed by atoms with Gasteiger partial charge in [-0.3, -0.25) is 4.98 Å². The van der Waals surface area contributed by atoms with Crippen LogP contribution in [0.25, 0.3) is 11.3 Å². The van der Waals surface area contributed by atoms with Crippen LogP contribution in [0, 0.1) is 23.8 Å². The second-order valence-electron chi connectivity index (χ2n) is 6.28. The van der Waals surface area contributed by atoms with Gasteiger partial charge >= 0.3 is 5.97 Å². The van der Waals surface area contributed by atoms with Crippen LogP contribution in [0.2, 0.25) is 0 Å². The zero-order chi connectivity index (χ0) is 19.8. The maximum absolute atomic E-state index is 13.9. The molecule has 0 radical (unpaired) electrons. The van der Waals surface area contributed by atoms with Crippen LogP contribution >= 0.6 is 0 Å². The van der Waals surface area contributed by atoms with Gasteiger partial charge in [-0.25, -0.2) is 22.9 Å². The van der Waals surface area contributed by atoms with Gasteiger partial charge in [0.25, 0.3) is 0 Å². The van der Waals surface area contributed by atoms with E-state index in [4.69, 9.17) is 5.11 Å². The van der Waals surface area contributed by atoms with Gasteiger partial charge in [-0.05, 0) is 31.7 Å². The zero-order valence-electron chi connectivity index (χ0n) is 14.6. The number of aromatic nitrogens is 3. The van der Waals surface area contributed by atoms with Crippen LogP contribution in [0.3, 0.4) is 0 Å². The van der Waals surface area contributed by atoms with Crippen molar-refractivity contribution in [2.45, 2.75) is 19.3 Å². The Kier molecular flexibility index (Phi) is 6.34. The molecule has 5 nitrogen and oxygen atoms in total. The fourth-order valence-electron chi connectivity index (χ4n) is 2.53. The molecule has 3 aromatic rings. The van der Waals surface area contributed by atoms with Crippen molar-refractivity contribution < 1.29 is 44.1 Å². The first kappa shape index (κ1) is 21.7. The average molecular weight is 567 g/mol. The van der Waals surface area contributed by atoms with Gasteiger partial charge < -0.3 is 10.1 Å². The number of rotatable bonds is 4. The topological polar surface area (TPSA) is 76.0 Å². The number of halogens is 3. The van der Waals surface area contributed by atoms with E-state index in [9.17, 15) is 18.0 Å². The molecule has 28 heavy (non-hydrogen) atoms. The van der Waals surface area contributed by atoms with Crippen molar-refractivity contribution in [3.8, 4) is 11.3 Å². The van der Waals surface area contributed by atoms with Crippen molar-refractivity contribution in [2.75, 3.05) is 0 Å². The monoisotopic (exact) mass is 567 g/mol. The number of carboxylic acid groups (broad SMARTS) is 1. The summed E-state index contributed by atoms with van der Waals surface area (Å²) >= 11 is 0. The molecule has 0 aromatic carbocycles. The summed E-state index contributed by atoms with van der Waals surface area (Å²) in [6.45, 7) is 3.35. The number of hydrogen-bond acceptors (Lipinski definition) is 4. The van der Waals surface area contributed by atoms with Crippen LogP contribution in [0.5, 0.6) is 0 Å². The van der Waals surface area contributed by atoms with Crippen molar-refractivity contribution in [3.63, 3.8) is 0 Å². The molecule has 0 aliphatic rings. The molecule has 0 unspecified atom stereocenters. The summed E-state index contributed by atoms with van der Waals surface area (Å²) in [4.78, 5) is 22.6. The van der Waals surface area contributed by atoms with Gasteiger partial charge in [-0.2, -0.15) is 0 Å². The van der Waals surface area contributed by atoms with Gasteiger partial charge in [0.05, 0.1) is 5.69 Å². The van der Waals surface area contributed by atoms with Crippen LogP contribution in [0.4, 0.5) is 13.2 Å². The molecule has 3 heterocycles. The van der Waals surface area contributed by atoms with Crippen LogP contribution in [0.1, 0.15) is 35.7 Å². The Balaban J connectivity index is 0.00000280. The van der Waals surface area contributed by atoms with E-state index >= 15 is 0 Å². The predicted octanol–water partition coefficient (Wildman–Crippen LogP) is 3.78. The first-order valence-corrected chi connectivity index (χ1v) is 7.81. The second kappa shape index (κ2) is 8.18. The van der Waals surface area contributed by atoms with E-state index in [1.165, 1.54) is 6.07 Å². The van der Waals surface area contributed by atoms with E-state index < -0.39 is 34.8 Å². The zero-order valence-corrected chi connectivity index (χ0v) is 16.9. The third-order valence-corrected chi connectivity index (χ3v) is 4.04.